The molecule has 8 heteroatoms. The molecule has 2 aliphatic heterocycles. The number of hydrogen-bond donors (Lipinski definition) is 1. The van der Waals surface area contributed by atoms with Gasteiger partial charge in [-0.15, -0.1) is 0 Å². The summed E-state index contributed by atoms with van der Waals surface area (Å²) in [6.07, 6.45) is 1.76. The van der Waals surface area contributed by atoms with Crippen molar-refractivity contribution in [2.75, 3.05) is 26.3 Å². The molecule has 0 aromatic carbocycles. The van der Waals surface area contributed by atoms with Crippen molar-refractivity contribution in [1.29, 1.82) is 0 Å². The Bertz CT molecular complexity index is 636. The van der Waals surface area contributed by atoms with Crippen molar-refractivity contribution in [2.24, 2.45) is 5.92 Å². The summed E-state index contributed by atoms with van der Waals surface area (Å²) in [6, 6.07) is 4.49. The summed E-state index contributed by atoms with van der Waals surface area (Å²) in [4.78, 5) is 43.3. The zero-order valence-electron chi connectivity index (χ0n) is 13.1. The molecule has 2 saturated heterocycles. The zero-order valence-corrected chi connectivity index (χ0v) is 13.1. The molecule has 0 unspecified atom stereocenters. The summed E-state index contributed by atoms with van der Waals surface area (Å²) in [5, 5.41) is 9.24. The third-order valence-electron chi connectivity index (χ3n) is 4.34. The summed E-state index contributed by atoms with van der Waals surface area (Å²) >= 11 is 0. The first-order chi connectivity index (χ1) is 11.6. The van der Waals surface area contributed by atoms with E-state index in [-0.39, 0.29) is 37.9 Å². The molecule has 1 N–H and O–H groups in total. The van der Waals surface area contributed by atoms with E-state index in [1.54, 1.807) is 17.2 Å². The maximum Gasteiger partial charge on any atom is 0.328 e. The summed E-state index contributed by atoms with van der Waals surface area (Å²) < 4.78 is 5.15. The number of hydrogen-bond acceptors (Lipinski definition) is 5. The van der Waals surface area contributed by atoms with Crippen LogP contribution in [-0.2, 0) is 25.7 Å². The van der Waals surface area contributed by atoms with Gasteiger partial charge in [0.25, 0.3) is 0 Å². The third kappa shape index (κ3) is 3.38. The molecule has 2 aliphatic rings. The lowest BCUT2D eigenvalue weighted by atomic mass is 10.1. The van der Waals surface area contributed by atoms with Crippen LogP contribution in [-0.4, -0.2) is 70.0 Å². The Morgan fingerprint density at radius 2 is 2.21 bits per heavy atom. The molecule has 2 fully saturated rings. The van der Waals surface area contributed by atoms with Gasteiger partial charge in [0.15, 0.2) is 6.04 Å². The van der Waals surface area contributed by atoms with Crippen molar-refractivity contribution < 1.29 is 24.2 Å². The van der Waals surface area contributed by atoms with Gasteiger partial charge in [-0.25, -0.2) is 4.79 Å². The lowest BCUT2D eigenvalue weighted by molar-refractivity contribution is -0.160. The number of carboxylic acids is 1. The lowest BCUT2D eigenvalue weighted by Gasteiger charge is -2.34. The van der Waals surface area contributed by atoms with Gasteiger partial charge >= 0.3 is 5.97 Å². The van der Waals surface area contributed by atoms with Crippen molar-refractivity contribution in [3.8, 4) is 0 Å². The number of carbonyl (C=O) groups is 3. The lowest BCUT2D eigenvalue weighted by Crippen LogP contribution is -2.54. The molecule has 0 aliphatic carbocycles. The number of carbonyl (C=O) groups excluding carboxylic acids is 2. The van der Waals surface area contributed by atoms with Crippen LogP contribution in [0.25, 0.3) is 0 Å². The van der Waals surface area contributed by atoms with Crippen LogP contribution < -0.4 is 0 Å². The minimum atomic E-state index is -1.09. The van der Waals surface area contributed by atoms with Gasteiger partial charge in [0.1, 0.15) is 0 Å². The predicted molar refractivity (Wildman–Crippen MR) is 81.7 cm³/mol. The van der Waals surface area contributed by atoms with Crippen LogP contribution in [0.1, 0.15) is 12.1 Å². The average molecular weight is 333 g/mol. The molecule has 1 aromatic rings. The molecule has 24 heavy (non-hydrogen) atoms. The number of morpholine rings is 1. The molecule has 0 saturated carbocycles. The van der Waals surface area contributed by atoms with Gasteiger partial charge in [0.2, 0.25) is 11.8 Å². The molecule has 3 heterocycles. The number of aliphatic carboxylic acids is 1. The Balaban J connectivity index is 1.66. The highest BCUT2D eigenvalue weighted by molar-refractivity contribution is 5.91. The van der Waals surface area contributed by atoms with Crippen LogP contribution in [0.4, 0.5) is 0 Å². The Hall–Kier alpha value is -2.48. The van der Waals surface area contributed by atoms with Crippen LogP contribution in [0.2, 0.25) is 0 Å². The average Bonchev–Trinajstić information content (AvgIpc) is 2.96. The molecule has 128 valence electrons. The van der Waals surface area contributed by atoms with Crippen LogP contribution in [0.15, 0.2) is 24.4 Å². The largest absolute Gasteiger partial charge is 0.480 e. The topological polar surface area (TPSA) is 100 Å². The van der Waals surface area contributed by atoms with E-state index >= 15 is 0 Å². The van der Waals surface area contributed by atoms with Crippen LogP contribution in [0.5, 0.6) is 0 Å². The second kappa shape index (κ2) is 6.96. The fourth-order valence-electron chi connectivity index (χ4n) is 3.08. The number of likely N-dealkylation sites (tertiary alicyclic amines) is 1. The molecule has 0 radical (unpaired) electrons. The summed E-state index contributed by atoms with van der Waals surface area (Å²) in [6.45, 7) is 1.18. The van der Waals surface area contributed by atoms with E-state index in [1.807, 2.05) is 12.1 Å². The zero-order chi connectivity index (χ0) is 17.1. The smallest absolute Gasteiger partial charge is 0.328 e. The molecule has 2 atom stereocenters. The number of pyridine rings is 1. The number of amides is 2. The molecule has 1 aromatic heterocycles. The van der Waals surface area contributed by atoms with Crippen molar-refractivity contribution in [3.63, 3.8) is 0 Å². The number of aromatic nitrogens is 1. The SMILES string of the molecule is O=C(O)[C@H]1COCCN1C(=O)[C@H]1CC(=O)N(Cc2ccccn2)C1. The predicted octanol–water partition coefficient (Wildman–Crippen LogP) is -0.258. The maximum atomic E-state index is 12.7. The monoisotopic (exact) mass is 333 g/mol. The second-order valence-corrected chi connectivity index (χ2v) is 5.96. The van der Waals surface area contributed by atoms with E-state index in [4.69, 9.17) is 4.74 Å². The molecule has 3 rings (SSSR count). The van der Waals surface area contributed by atoms with Crippen LogP contribution in [0.3, 0.4) is 0 Å². The van der Waals surface area contributed by atoms with E-state index in [9.17, 15) is 19.5 Å². The van der Waals surface area contributed by atoms with Gasteiger partial charge in [-0.3, -0.25) is 14.6 Å². The van der Waals surface area contributed by atoms with E-state index < -0.39 is 17.9 Å². The van der Waals surface area contributed by atoms with Crippen molar-refractivity contribution in [3.05, 3.63) is 30.1 Å². The Morgan fingerprint density at radius 3 is 2.92 bits per heavy atom. The number of rotatable bonds is 4. The first kappa shape index (κ1) is 16.4. The normalized spacial score (nSPS) is 24.2. The highest BCUT2D eigenvalue weighted by atomic mass is 16.5. The van der Waals surface area contributed by atoms with Crippen molar-refractivity contribution in [1.82, 2.24) is 14.8 Å². The summed E-state index contributed by atoms with van der Waals surface area (Å²) in [5.41, 5.74) is 0.758. The fourth-order valence-corrected chi connectivity index (χ4v) is 3.08. The van der Waals surface area contributed by atoms with E-state index in [1.165, 1.54) is 4.90 Å². The molecule has 0 spiro atoms. The highest BCUT2D eigenvalue weighted by Crippen LogP contribution is 2.23. The first-order valence-electron chi connectivity index (χ1n) is 7.85. The van der Waals surface area contributed by atoms with Gasteiger partial charge in [-0.05, 0) is 12.1 Å². The molecule has 8 nitrogen and oxygen atoms in total. The molecular formula is C16H19N3O5. The minimum absolute atomic E-state index is 0.0145. The van der Waals surface area contributed by atoms with Crippen LogP contribution in [0, 0.1) is 5.92 Å². The first-order valence-corrected chi connectivity index (χ1v) is 7.85. The Labute approximate surface area is 139 Å². The number of ether oxygens (including phenoxy) is 1. The third-order valence-corrected chi connectivity index (χ3v) is 4.34. The van der Waals surface area contributed by atoms with Crippen LogP contribution >= 0.6 is 0 Å². The maximum absolute atomic E-state index is 12.7. The minimum Gasteiger partial charge on any atom is -0.480 e. The quantitative estimate of drug-likeness (QED) is 0.815. The van der Waals surface area contributed by atoms with Crippen molar-refractivity contribution in [2.45, 2.75) is 19.0 Å². The van der Waals surface area contributed by atoms with Gasteiger partial charge in [0.05, 0.1) is 31.4 Å². The number of carboxylic acid groups (broad SMARTS) is 1. The summed E-state index contributed by atoms with van der Waals surface area (Å²) in [7, 11) is 0. The van der Waals surface area contributed by atoms with E-state index in [2.05, 4.69) is 4.98 Å². The second-order valence-electron chi connectivity index (χ2n) is 5.96. The Kier molecular flexibility index (Phi) is 4.75. The Morgan fingerprint density at radius 1 is 1.38 bits per heavy atom. The van der Waals surface area contributed by atoms with Gasteiger partial charge in [-0.2, -0.15) is 0 Å². The van der Waals surface area contributed by atoms with Crippen molar-refractivity contribution >= 4 is 17.8 Å². The number of nitrogens with zero attached hydrogens (tertiary/aromatic N) is 3. The van der Waals surface area contributed by atoms with E-state index in [0.717, 1.165) is 5.69 Å². The van der Waals surface area contributed by atoms with Gasteiger partial charge in [-0.1, -0.05) is 6.07 Å². The highest BCUT2D eigenvalue weighted by Gasteiger charge is 2.41. The van der Waals surface area contributed by atoms with Gasteiger partial charge < -0.3 is 19.6 Å². The molecule has 0 bridgehead atoms. The fraction of sp³-hybridized carbons (Fsp3) is 0.500. The molecular weight excluding hydrogens is 314 g/mol. The standard InChI is InChI=1S/C16H19N3O5/c20-14-7-11(8-18(14)9-12-3-1-2-4-17-12)15(21)19-5-6-24-10-13(19)16(22)23/h1-4,11,13H,5-10H2,(H,22,23)/t11-,13+/m0/s1. The van der Waals surface area contributed by atoms with Gasteiger partial charge in [0, 0.05) is 25.7 Å². The summed E-state index contributed by atoms with van der Waals surface area (Å²) in [5.74, 6) is -2.00. The van der Waals surface area contributed by atoms with E-state index in [0.29, 0.717) is 13.2 Å². The molecule has 2 amide bonds.